The molecule has 3 nitrogen and oxygen atoms in total. The Labute approximate surface area is 88.3 Å². The summed E-state index contributed by atoms with van der Waals surface area (Å²) in [5.41, 5.74) is 1.93. The van der Waals surface area contributed by atoms with Crippen molar-refractivity contribution in [1.82, 2.24) is 9.78 Å². The lowest BCUT2D eigenvalue weighted by Gasteiger charge is -2.05. The second kappa shape index (κ2) is 3.07. The van der Waals surface area contributed by atoms with Crippen LogP contribution in [0.25, 0.3) is 10.9 Å². The van der Waals surface area contributed by atoms with Gasteiger partial charge in [-0.2, -0.15) is 5.10 Å². The largest absolute Gasteiger partial charge is 0.386 e. The summed E-state index contributed by atoms with van der Waals surface area (Å²) >= 11 is 0. The van der Waals surface area contributed by atoms with E-state index in [9.17, 15) is 5.11 Å². The lowest BCUT2D eigenvalue weighted by atomic mass is 10.1. The molecule has 1 atom stereocenters. The minimum absolute atomic E-state index is 0.379. The monoisotopic (exact) mass is 202 g/mol. The molecule has 0 aliphatic heterocycles. The first-order valence-electron chi connectivity index (χ1n) is 5.37. The number of benzene rings is 1. The average Bonchev–Trinajstić information content (AvgIpc) is 3.04. The van der Waals surface area contributed by atoms with Crippen molar-refractivity contribution in [2.24, 2.45) is 13.0 Å². The Kier molecular flexibility index (Phi) is 1.83. The Bertz CT molecular complexity index is 499. The maximum atomic E-state index is 10.1. The molecule has 0 radical (unpaired) electrons. The number of aliphatic hydroxyl groups excluding tert-OH is 1. The van der Waals surface area contributed by atoms with E-state index in [4.69, 9.17) is 0 Å². The fourth-order valence-electron chi connectivity index (χ4n) is 2.10. The fourth-order valence-corrected chi connectivity index (χ4v) is 2.10. The number of aryl methyl sites for hydroxylation is 1. The molecule has 0 bridgehead atoms. The molecule has 1 N–H and O–H groups in total. The maximum absolute atomic E-state index is 10.1. The van der Waals surface area contributed by atoms with E-state index in [0.29, 0.717) is 5.92 Å². The van der Waals surface area contributed by atoms with Crippen LogP contribution in [0.15, 0.2) is 24.3 Å². The first-order valence-corrected chi connectivity index (χ1v) is 5.37. The molecule has 15 heavy (non-hydrogen) atoms. The van der Waals surface area contributed by atoms with Crippen LogP contribution in [0, 0.1) is 5.92 Å². The maximum Gasteiger partial charge on any atom is 0.101 e. The van der Waals surface area contributed by atoms with Gasteiger partial charge in [0.1, 0.15) is 6.10 Å². The standard InChI is InChI=1S/C12H14N2O/c1-14-10-5-3-2-4-9(10)11(13-14)12(15)8-6-7-8/h2-5,8,12,15H,6-7H2,1H3. The van der Waals surface area contributed by atoms with E-state index < -0.39 is 0 Å². The van der Waals surface area contributed by atoms with E-state index in [2.05, 4.69) is 5.10 Å². The van der Waals surface area contributed by atoms with Crippen molar-refractivity contribution in [2.45, 2.75) is 18.9 Å². The molecular weight excluding hydrogens is 188 g/mol. The molecule has 1 aliphatic carbocycles. The normalized spacial score (nSPS) is 18.3. The smallest absolute Gasteiger partial charge is 0.101 e. The predicted molar refractivity (Wildman–Crippen MR) is 58.4 cm³/mol. The van der Waals surface area contributed by atoms with Crippen molar-refractivity contribution in [3.8, 4) is 0 Å². The third kappa shape index (κ3) is 1.35. The molecule has 3 heteroatoms. The van der Waals surface area contributed by atoms with Crippen LogP contribution in [-0.4, -0.2) is 14.9 Å². The molecule has 2 aromatic rings. The van der Waals surface area contributed by atoms with E-state index in [0.717, 1.165) is 29.4 Å². The summed E-state index contributed by atoms with van der Waals surface area (Å²) in [5, 5.41) is 15.6. The number of rotatable bonds is 2. The van der Waals surface area contributed by atoms with Crippen molar-refractivity contribution < 1.29 is 5.11 Å². The molecule has 0 amide bonds. The van der Waals surface area contributed by atoms with Crippen LogP contribution in [0.5, 0.6) is 0 Å². The van der Waals surface area contributed by atoms with Gasteiger partial charge in [0.2, 0.25) is 0 Å². The second-order valence-corrected chi connectivity index (χ2v) is 4.31. The number of aromatic nitrogens is 2. The third-order valence-corrected chi connectivity index (χ3v) is 3.14. The van der Waals surface area contributed by atoms with Gasteiger partial charge in [0.25, 0.3) is 0 Å². The van der Waals surface area contributed by atoms with Crippen molar-refractivity contribution in [3.05, 3.63) is 30.0 Å². The van der Waals surface area contributed by atoms with Crippen LogP contribution in [0.1, 0.15) is 24.6 Å². The fraction of sp³-hybridized carbons (Fsp3) is 0.417. The van der Waals surface area contributed by atoms with Gasteiger partial charge in [-0.1, -0.05) is 18.2 Å². The first kappa shape index (κ1) is 8.92. The Hall–Kier alpha value is -1.35. The van der Waals surface area contributed by atoms with E-state index in [1.54, 1.807) is 0 Å². The molecule has 1 aromatic heterocycles. The summed E-state index contributed by atoms with van der Waals surface area (Å²) in [5.74, 6) is 0.434. The van der Waals surface area contributed by atoms with Gasteiger partial charge in [-0.25, -0.2) is 0 Å². The molecule has 0 saturated heterocycles. The summed E-state index contributed by atoms with van der Waals surface area (Å²) in [6.07, 6.45) is 1.88. The van der Waals surface area contributed by atoms with Crippen LogP contribution < -0.4 is 0 Å². The van der Waals surface area contributed by atoms with Crippen molar-refractivity contribution in [1.29, 1.82) is 0 Å². The summed E-state index contributed by atoms with van der Waals surface area (Å²) in [7, 11) is 1.92. The van der Waals surface area contributed by atoms with Gasteiger partial charge in [-0.05, 0) is 24.8 Å². The SMILES string of the molecule is Cn1nc(C(O)C2CC2)c2ccccc21. The highest BCUT2D eigenvalue weighted by Gasteiger charge is 2.33. The van der Waals surface area contributed by atoms with Gasteiger partial charge >= 0.3 is 0 Å². The highest BCUT2D eigenvalue weighted by molar-refractivity contribution is 5.82. The van der Waals surface area contributed by atoms with Gasteiger partial charge in [0.15, 0.2) is 0 Å². The first-order chi connectivity index (χ1) is 7.27. The second-order valence-electron chi connectivity index (χ2n) is 4.31. The molecule has 0 spiro atoms. The van der Waals surface area contributed by atoms with E-state index in [1.165, 1.54) is 0 Å². The summed E-state index contributed by atoms with van der Waals surface area (Å²) in [6, 6.07) is 8.05. The Morgan fingerprint density at radius 1 is 1.40 bits per heavy atom. The molecule has 1 aromatic carbocycles. The Morgan fingerprint density at radius 3 is 2.87 bits per heavy atom. The van der Waals surface area contributed by atoms with Gasteiger partial charge in [-0.3, -0.25) is 4.68 Å². The predicted octanol–water partition coefficient (Wildman–Crippen LogP) is 2.02. The molecule has 1 unspecified atom stereocenters. The zero-order chi connectivity index (χ0) is 10.4. The molecule has 1 saturated carbocycles. The topological polar surface area (TPSA) is 38.0 Å². The summed E-state index contributed by atoms with van der Waals surface area (Å²) in [4.78, 5) is 0. The molecule has 1 aliphatic rings. The number of fused-ring (bicyclic) bond motifs is 1. The molecule has 78 valence electrons. The van der Waals surface area contributed by atoms with Gasteiger partial charge < -0.3 is 5.11 Å². The lowest BCUT2D eigenvalue weighted by Crippen LogP contribution is -2.01. The minimum Gasteiger partial charge on any atom is -0.386 e. The minimum atomic E-state index is -0.379. The highest BCUT2D eigenvalue weighted by Crippen LogP contribution is 2.42. The van der Waals surface area contributed by atoms with E-state index >= 15 is 0 Å². The Morgan fingerprint density at radius 2 is 2.13 bits per heavy atom. The lowest BCUT2D eigenvalue weighted by molar-refractivity contribution is 0.150. The molecule has 1 heterocycles. The van der Waals surface area contributed by atoms with Crippen molar-refractivity contribution in [2.75, 3.05) is 0 Å². The molecule has 3 rings (SSSR count). The highest BCUT2D eigenvalue weighted by atomic mass is 16.3. The number of hydrogen-bond acceptors (Lipinski definition) is 2. The van der Waals surface area contributed by atoms with Gasteiger partial charge in [-0.15, -0.1) is 0 Å². The van der Waals surface area contributed by atoms with Gasteiger partial charge in [0, 0.05) is 12.4 Å². The van der Waals surface area contributed by atoms with Crippen LogP contribution >= 0.6 is 0 Å². The van der Waals surface area contributed by atoms with Gasteiger partial charge in [0.05, 0.1) is 11.2 Å². The van der Waals surface area contributed by atoms with E-state index in [-0.39, 0.29) is 6.10 Å². The van der Waals surface area contributed by atoms with Crippen LogP contribution in [0.4, 0.5) is 0 Å². The van der Waals surface area contributed by atoms with Crippen LogP contribution in [-0.2, 0) is 7.05 Å². The molecule has 1 fully saturated rings. The number of para-hydroxylation sites is 1. The zero-order valence-electron chi connectivity index (χ0n) is 8.72. The summed E-state index contributed by atoms with van der Waals surface area (Å²) < 4.78 is 1.84. The Balaban J connectivity index is 2.17. The molecular formula is C12H14N2O. The zero-order valence-corrected chi connectivity index (χ0v) is 8.72. The van der Waals surface area contributed by atoms with Crippen LogP contribution in [0.2, 0.25) is 0 Å². The number of nitrogens with zero attached hydrogens (tertiary/aromatic N) is 2. The van der Waals surface area contributed by atoms with Crippen molar-refractivity contribution >= 4 is 10.9 Å². The number of aliphatic hydroxyl groups is 1. The average molecular weight is 202 g/mol. The van der Waals surface area contributed by atoms with Crippen LogP contribution in [0.3, 0.4) is 0 Å². The third-order valence-electron chi connectivity index (χ3n) is 3.14. The quantitative estimate of drug-likeness (QED) is 0.809. The number of hydrogen-bond donors (Lipinski definition) is 1. The summed E-state index contributed by atoms with van der Waals surface area (Å²) in [6.45, 7) is 0. The van der Waals surface area contributed by atoms with Crippen molar-refractivity contribution in [3.63, 3.8) is 0 Å². The van der Waals surface area contributed by atoms with E-state index in [1.807, 2.05) is 36.0 Å².